The Kier molecular flexibility index (Phi) is 13.0. The number of thiophene rings is 3. The van der Waals surface area contributed by atoms with Gasteiger partial charge in [0.2, 0.25) is 0 Å². The van der Waals surface area contributed by atoms with E-state index in [-0.39, 0.29) is 0 Å². The summed E-state index contributed by atoms with van der Waals surface area (Å²) >= 11 is 5.18. The van der Waals surface area contributed by atoms with Crippen molar-refractivity contribution in [1.82, 2.24) is 0 Å². The molecule has 12 aromatic rings. The van der Waals surface area contributed by atoms with E-state index in [4.69, 9.17) is 0 Å². The molecule has 3 aromatic heterocycles. The van der Waals surface area contributed by atoms with Crippen LogP contribution in [0, 0.1) is 0 Å². The molecule has 9 aromatic carbocycles. The molecule has 4 nitrogen and oxygen atoms in total. The van der Waals surface area contributed by atoms with E-state index < -0.39 is 0 Å². The van der Waals surface area contributed by atoms with E-state index >= 15 is 0 Å². The van der Waals surface area contributed by atoms with Gasteiger partial charge in [-0.3, -0.25) is 0 Å². The van der Waals surface area contributed by atoms with Gasteiger partial charge in [0.05, 0.1) is 34.1 Å². The molecule has 0 amide bonds. The quantitative estimate of drug-likeness (QED) is 0.101. The first-order valence-electron chi connectivity index (χ1n) is 24.3. The van der Waals surface area contributed by atoms with E-state index in [1.165, 1.54) is 0 Å². The van der Waals surface area contributed by atoms with Crippen LogP contribution in [0.5, 0.6) is 0 Å². The SMILES string of the molecule is c1ccc(N(c2ccccc2)c2cscc2-c2ccccc2N(c2ccccc2-c2cscc2N(c2ccccc2)c2ccccc2)c2ccccc2-c2cscc2N(c2ccccc2)c2ccccc2)cc1. The normalized spacial score (nSPS) is 11.0. The van der Waals surface area contributed by atoms with Gasteiger partial charge in [-0.1, -0.05) is 164 Å². The van der Waals surface area contributed by atoms with Crippen LogP contribution in [0.15, 0.2) is 287 Å². The number of nitrogens with zero attached hydrogens (tertiary/aromatic N) is 4. The van der Waals surface area contributed by atoms with Crippen molar-refractivity contribution in [3.63, 3.8) is 0 Å². The lowest BCUT2D eigenvalue weighted by molar-refractivity contribution is 1.26. The third kappa shape index (κ3) is 9.02. The van der Waals surface area contributed by atoms with Crippen molar-refractivity contribution < 1.29 is 0 Å². The van der Waals surface area contributed by atoms with E-state index in [9.17, 15) is 0 Å². The van der Waals surface area contributed by atoms with Crippen molar-refractivity contribution in [2.75, 3.05) is 19.6 Å². The highest BCUT2D eigenvalue weighted by Crippen LogP contribution is 2.54. The molecule has 0 aliphatic carbocycles. The van der Waals surface area contributed by atoms with Crippen LogP contribution in [0.4, 0.5) is 68.2 Å². The first-order valence-corrected chi connectivity index (χ1v) is 27.1. The minimum atomic E-state index is 1.06. The maximum atomic E-state index is 2.52. The van der Waals surface area contributed by atoms with Crippen molar-refractivity contribution in [3.8, 4) is 33.4 Å². The molecule has 0 unspecified atom stereocenters. The zero-order chi connectivity index (χ0) is 48.8. The molecule has 0 aliphatic heterocycles. The van der Waals surface area contributed by atoms with E-state index in [2.05, 4.69) is 307 Å². The Morgan fingerprint density at radius 2 is 0.370 bits per heavy atom. The Bertz CT molecular complexity index is 3200. The smallest absolute Gasteiger partial charge is 0.0647 e. The molecule has 7 heteroatoms. The maximum absolute atomic E-state index is 2.52. The molecule has 0 radical (unpaired) electrons. The summed E-state index contributed by atoms with van der Waals surface area (Å²) in [6, 6.07) is 91.0. The van der Waals surface area contributed by atoms with Gasteiger partial charge in [0.1, 0.15) is 0 Å². The van der Waals surface area contributed by atoms with Gasteiger partial charge in [0, 0.05) is 99.8 Å². The highest BCUT2D eigenvalue weighted by atomic mass is 32.1. The topological polar surface area (TPSA) is 13.0 Å². The number of anilines is 12. The van der Waals surface area contributed by atoms with Gasteiger partial charge in [-0.05, 0) is 91.0 Å². The Morgan fingerprint density at radius 1 is 0.164 bits per heavy atom. The zero-order valence-corrected chi connectivity index (χ0v) is 42.2. The minimum absolute atomic E-state index is 1.06. The van der Waals surface area contributed by atoms with Gasteiger partial charge in [-0.2, -0.15) is 0 Å². The molecule has 0 fully saturated rings. The fourth-order valence-corrected chi connectivity index (χ4v) is 12.3. The second-order valence-corrected chi connectivity index (χ2v) is 19.6. The number of hydrogen-bond acceptors (Lipinski definition) is 7. The van der Waals surface area contributed by atoms with Crippen LogP contribution >= 0.6 is 34.0 Å². The Hall–Kier alpha value is -8.72. The van der Waals surface area contributed by atoms with Crippen LogP contribution in [0.2, 0.25) is 0 Å². The second kappa shape index (κ2) is 20.9. The molecule has 0 atom stereocenters. The largest absolute Gasteiger partial charge is 0.309 e. The van der Waals surface area contributed by atoms with Crippen molar-refractivity contribution in [1.29, 1.82) is 0 Å². The fraction of sp³-hybridized carbons (Fsp3) is 0. The first-order chi connectivity index (χ1) is 36.3. The van der Waals surface area contributed by atoms with Gasteiger partial charge in [-0.15, -0.1) is 34.0 Å². The summed E-state index contributed by atoms with van der Waals surface area (Å²) in [5, 5.41) is 13.8. The van der Waals surface area contributed by atoms with Crippen molar-refractivity contribution in [2.45, 2.75) is 0 Å². The molecular formula is C66H48N4S3. The molecule has 0 saturated carbocycles. The van der Waals surface area contributed by atoms with E-state index in [1.54, 1.807) is 34.0 Å². The lowest BCUT2D eigenvalue weighted by Crippen LogP contribution is -2.15. The average Bonchev–Trinajstić information content (AvgIpc) is 4.27. The van der Waals surface area contributed by atoms with E-state index in [0.29, 0.717) is 0 Å². The first kappa shape index (κ1) is 45.4. The molecule has 0 bridgehead atoms. The van der Waals surface area contributed by atoms with E-state index in [1.807, 2.05) is 0 Å². The number of hydrogen-bond donors (Lipinski definition) is 0. The predicted molar refractivity (Wildman–Crippen MR) is 315 cm³/mol. The molecule has 0 spiro atoms. The minimum Gasteiger partial charge on any atom is -0.309 e. The highest BCUT2D eigenvalue weighted by Gasteiger charge is 2.29. The average molecular weight is 993 g/mol. The molecule has 73 heavy (non-hydrogen) atoms. The van der Waals surface area contributed by atoms with Crippen LogP contribution in [0.1, 0.15) is 0 Å². The standard InChI is InChI=1S/C66H48N4S3/c1-7-25-49(26-8-1)67(50-27-9-2-10-28-50)64-46-71-43-58(64)55-37-19-22-40-61(55)70(62-41-23-20-38-56(62)59-44-72-47-65(59)68(51-29-11-3-12-30-51)52-31-13-4-14-32-52)63-42-24-21-39-57(63)60-45-73-48-66(60)69(53-33-15-5-16-34-53)54-35-17-6-18-36-54/h1-48H. The predicted octanol–water partition coefficient (Wildman–Crippen LogP) is 20.8. The summed E-state index contributed by atoms with van der Waals surface area (Å²) in [7, 11) is 0. The highest BCUT2D eigenvalue weighted by molar-refractivity contribution is 7.09. The summed E-state index contributed by atoms with van der Waals surface area (Å²) in [6.45, 7) is 0. The molecule has 0 saturated heterocycles. The third-order valence-electron chi connectivity index (χ3n) is 13.0. The van der Waals surface area contributed by atoms with Crippen LogP contribution in [-0.2, 0) is 0 Å². The molecule has 12 rings (SSSR count). The molecule has 0 N–H and O–H groups in total. The summed E-state index contributed by atoms with van der Waals surface area (Å²) in [4.78, 5) is 9.67. The van der Waals surface area contributed by atoms with Crippen LogP contribution in [0.3, 0.4) is 0 Å². The fourth-order valence-electron chi connectivity index (χ4n) is 9.82. The Balaban J connectivity index is 1.10. The lowest BCUT2D eigenvalue weighted by atomic mass is 9.97. The number of benzene rings is 9. The molecule has 350 valence electrons. The van der Waals surface area contributed by atoms with Gasteiger partial charge in [-0.25, -0.2) is 0 Å². The third-order valence-corrected chi connectivity index (χ3v) is 15.2. The van der Waals surface area contributed by atoms with Crippen molar-refractivity contribution >= 4 is 102 Å². The Morgan fingerprint density at radius 3 is 0.603 bits per heavy atom. The monoisotopic (exact) mass is 992 g/mol. The van der Waals surface area contributed by atoms with E-state index in [0.717, 1.165) is 102 Å². The maximum Gasteiger partial charge on any atom is 0.0647 e. The molecule has 3 heterocycles. The van der Waals surface area contributed by atoms with Crippen LogP contribution in [-0.4, -0.2) is 0 Å². The van der Waals surface area contributed by atoms with Crippen LogP contribution in [0.25, 0.3) is 33.4 Å². The van der Waals surface area contributed by atoms with Gasteiger partial charge >= 0.3 is 0 Å². The summed E-state index contributed by atoms with van der Waals surface area (Å²) < 4.78 is 0. The van der Waals surface area contributed by atoms with Gasteiger partial charge < -0.3 is 19.6 Å². The van der Waals surface area contributed by atoms with Gasteiger partial charge in [0.25, 0.3) is 0 Å². The Labute approximate surface area is 439 Å². The van der Waals surface area contributed by atoms with Crippen LogP contribution < -0.4 is 19.6 Å². The lowest BCUT2D eigenvalue weighted by Gasteiger charge is -2.33. The second-order valence-electron chi connectivity index (χ2n) is 17.4. The van der Waals surface area contributed by atoms with Crippen molar-refractivity contribution in [3.05, 3.63) is 287 Å². The van der Waals surface area contributed by atoms with Crippen molar-refractivity contribution in [2.24, 2.45) is 0 Å². The zero-order valence-electron chi connectivity index (χ0n) is 39.7. The van der Waals surface area contributed by atoms with Gasteiger partial charge in [0.15, 0.2) is 0 Å². The number of para-hydroxylation sites is 9. The molecule has 0 aliphatic rings. The summed E-state index contributed by atoms with van der Waals surface area (Å²) in [6.07, 6.45) is 0. The summed E-state index contributed by atoms with van der Waals surface area (Å²) in [5.41, 5.74) is 19.8. The molecular weight excluding hydrogens is 945 g/mol. The summed E-state index contributed by atoms with van der Waals surface area (Å²) in [5.74, 6) is 0. The number of rotatable bonds is 15.